The van der Waals surface area contributed by atoms with Crippen molar-refractivity contribution in [1.82, 2.24) is 19.7 Å². The fourth-order valence-corrected chi connectivity index (χ4v) is 3.58. The Bertz CT molecular complexity index is 521. The van der Waals surface area contributed by atoms with Crippen molar-refractivity contribution < 1.29 is 4.79 Å². The Morgan fingerprint density at radius 2 is 1.79 bits per heavy atom. The fourth-order valence-electron chi connectivity index (χ4n) is 3.58. The molecule has 1 amide bonds. The zero-order valence-electron chi connectivity index (χ0n) is 14.9. The first kappa shape index (κ1) is 17.2. The maximum atomic E-state index is 12.8. The summed E-state index contributed by atoms with van der Waals surface area (Å²) in [6.45, 7) is 12.7. The molecule has 1 unspecified atom stereocenters. The molecule has 3 rings (SSSR count). The summed E-state index contributed by atoms with van der Waals surface area (Å²) in [5, 5.41) is 0. The molecule has 0 radical (unpaired) electrons. The summed E-state index contributed by atoms with van der Waals surface area (Å²) in [7, 11) is 0. The molecule has 2 fully saturated rings. The maximum absolute atomic E-state index is 12.8. The van der Waals surface area contributed by atoms with E-state index in [0.29, 0.717) is 0 Å². The van der Waals surface area contributed by atoms with Crippen LogP contribution in [0, 0.1) is 0 Å². The first-order valence-electron chi connectivity index (χ1n) is 9.10. The molecular weight excluding hydrogens is 302 g/mol. The van der Waals surface area contributed by atoms with Gasteiger partial charge in [0.05, 0.1) is 6.04 Å². The van der Waals surface area contributed by atoms with Gasteiger partial charge in [0.2, 0.25) is 5.91 Å². The molecule has 6 nitrogen and oxygen atoms in total. The molecule has 2 aliphatic heterocycles. The van der Waals surface area contributed by atoms with Crippen molar-refractivity contribution in [2.45, 2.75) is 19.9 Å². The number of nitrogens with zero attached hydrogens (tertiary/aromatic N) is 5. The molecule has 0 aliphatic carbocycles. The van der Waals surface area contributed by atoms with E-state index >= 15 is 0 Å². The maximum Gasteiger partial charge on any atom is 0.239 e. The summed E-state index contributed by atoms with van der Waals surface area (Å²) in [5.74, 6) is 1.32. The molecule has 2 aliphatic rings. The van der Waals surface area contributed by atoms with Crippen molar-refractivity contribution >= 4 is 11.7 Å². The number of piperazine rings is 2. The van der Waals surface area contributed by atoms with E-state index in [4.69, 9.17) is 0 Å². The van der Waals surface area contributed by atoms with E-state index in [1.807, 2.05) is 23.2 Å². The molecule has 2 saturated heterocycles. The van der Waals surface area contributed by atoms with Gasteiger partial charge in [-0.25, -0.2) is 4.98 Å². The predicted octanol–water partition coefficient (Wildman–Crippen LogP) is 0.756. The lowest BCUT2D eigenvalue weighted by Crippen LogP contribution is -2.57. The van der Waals surface area contributed by atoms with Gasteiger partial charge < -0.3 is 14.7 Å². The van der Waals surface area contributed by atoms with Gasteiger partial charge in [0, 0.05) is 58.6 Å². The molecule has 6 heteroatoms. The lowest BCUT2D eigenvalue weighted by molar-refractivity contribution is -0.138. The molecule has 3 heterocycles. The smallest absolute Gasteiger partial charge is 0.239 e. The van der Waals surface area contributed by atoms with E-state index in [2.05, 4.69) is 39.6 Å². The van der Waals surface area contributed by atoms with E-state index in [0.717, 1.165) is 64.7 Å². The summed E-state index contributed by atoms with van der Waals surface area (Å²) in [4.78, 5) is 26.3. The third-order valence-electron chi connectivity index (χ3n) is 5.32. The van der Waals surface area contributed by atoms with Crippen molar-refractivity contribution in [1.29, 1.82) is 0 Å². The summed E-state index contributed by atoms with van der Waals surface area (Å²) < 4.78 is 0. The van der Waals surface area contributed by atoms with E-state index in [1.54, 1.807) is 0 Å². The molecule has 1 atom stereocenters. The summed E-state index contributed by atoms with van der Waals surface area (Å²) in [6.07, 6.45) is 1.84. The Kier molecular flexibility index (Phi) is 5.68. The number of rotatable bonds is 4. The Hall–Kier alpha value is -1.66. The molecular formula is C18H29N5O. The molecule has 0 aromatic carbocycles. The molecule has 24 heavy (non-hydrogen) atoms. The summed E-state index contributed by atoms with van der Waals surface area (Å²) in [5.41, 5.74) is 0. The second-order valence-electron chi connectivity index (χ2n) is 6.65. The number of pyridine rings is 1. The molecule has 1 aromatic heterocycles. The number of anilines is 1. The van der Waals surface area contributed by atoms with Crippen molar-refractivity contribution in [2.24, 2.45) is 0 Å². The van der Waals surface area contributed by atoms with Crippen molar-refractivity contribution in [3.05, 3.63) is 24.4 Å². The largest absolute Gasteiger partial charge is 0.354 e. The zero-order valence-corrected chi connectivity index (χ0v) is 14.9. The van der Waals surface area contributed by atoms with Crippen LogP contribution in [-0.4, -0.2) is 90.5 Å². The van der Waals surface area contributed by atoms with E-state index in [-0.39, 0.29) is 11.9 Å². The first-order chi connectivity index (χ1) is 11.7. The van der Waals surface area contributed by atoms with Gasteiger partial charge in [0.15, 0.2) is 0 Å². The monoisotopic (exact) mass is 331 g/mol. The number of aromatic nitrogens is 1. The van der Waals surface area contributed by atoms with Crippen LogP contribution < -0.4 is 4.90 Å². The summed E-state index contributed by atoms with van der Waals surface area (Å²) in [6, 6.07) is 6.00. The van der Waals surface area contributed by atoms with Crippen LogP contribution in [-0.2, 0) is 4.79 Å². The van der Waals surface area contributed by atoms with Crippen LogP contribution in [0.1, 0.15) is 13.8 Å². The molecule has 1 aromatic rings. The predicted molar refractivity (Wildman–Crippen MR) is 96.2 cm³/mol. The number of carbonyl (C=O) groups excluding carboxylic acids is 1. The third-order valence-corrected chi connectivity index (χ3v) is 5.32. The Morgan fingerprint density at radius 1 is 1.08 bits per heavy atom. The molecule has 0 bridgehead atoms. The minimum absolute atomic E-state index is 0.0240. The van der Waals surface area contributed by atoms with Crippen LogP contribution >= 0.6 is 0 Å². The van der Waals surface area contributed by atoms with Gasteiger partial charge in [0.1, 0.15) is 5.82 Å². The van der Waals surface area contributed by atoms with E-state index < -0.39 is 0 Å². The Balaban J connectivity index is 1.50. The molecule has 0 N–H and O–H groups in total. The Morgan fingerprint density at radius 3 is 2.38 bits per heavy atom. The minimum atomic E-state index is -0.0240. The average molecular weight is 331 g/mol. The lowest BCUT2D eigenvalue weighted by Gasteiger charge is -2.41. The quantitative estimate of drug-likeness (QED) is 0.815. The van der Waals surface area contributed by atoms with Crippen molar-refractivity contribution in [2.75, 3.05) is 63.8 Å². The normalized spacial score (nSPS) is 21.8. The third kappa shape index (κ3) is 3.87. The summed E-state index contributed by atoms with van der Waals surface area (Å²) >= 11 is 0. The van der Waals surface area contributed by atoms with Crippen LogP contribution in [0.4, 0.5) is 5.82 Å². The van der Waals surface area contributed by atoms with Crippen LogP contribution in [0.25, 0.3) is 0 Å². The van der Waals surface area contributed by atoms with E-state index in [9.17, 15) is 4.79 Å². The van der Waals surface area contributed by atoms with E-state index in [1.165, 1.54) is 0 Å². The minimum Gasteiger partial charge on any atom is -0.354 e. The van der Waals surface area contributed by atoms with Gasteiger partial charge in [-0.05, 0) is 25.6 Å². The molecule has 0 spiro atoms. The van der Waals surface area contributed by atoms with Gasteiger partial charge in [-0.2, -0.15) is 0 Å². The second kappa shape index (κ2) is 7.94. The highest BCUT2D eigenvalue weighted by Crippen LogP contribution is 2.15. The van der Waals surface area contributed by atoms with Crippen molar-refractivity contribution in [3.63, 3.8) is 0 Å². The molecule has 0 saturated carbocycles. The highest BCUT2D eigenvalue weighted by molar-refractivity contribution is 5.81. The zero-order chi connectivity index (χ0) is 16.9. The van der Waals surface area contributed by atoms with Gasteiger partial charge in [0.25, 0.3) is 0 Å². The SMILES string of the molecule is CCN1CCN(C(=O)C(C)N2CCN(c3ccccn3)CC2)CC1. The first-order valence-corrected chi connectivity index (χ1v) is 9.10. The van der Waals surface area contributed by atoms with Gasteiger partial charge in [-0.3, -0.25) is 9.69 Å². The number of likely N-dealkylation sites (N-methyl/N-ethyl adjacent to an activating group) is 1. The second-order valence-corrected chi connectivity index (χ2v) is 6.65. The standard InChI is InChI=1S/C18H29N5O/c1-3-20-8-10-23(11-9-20)18(24)16(2)21-12-14-22(15-13-21)17-6-4-5-7-19-17/h4-7,16H,3,8-15H2,1-2H3. The average Bonchev–Trinajstić information content (AvgIpc) is 2.68. The van der Waals surface area contributed by atoms with Crippen LogP contribution in [0.5, 0.6) is 0 Å². The van der Waals surface area contributed by atoms with Gasteiger partial charge >= 0.3 is 0 Å². The van der Waals surface area contributed by atoms with Crippen LogP contribution in [0.15, 0.2) is 24.4 Å². The number of hydrogen-bond donors (Lipinski definition) is 0. The lowest BCUT2D eigenvalue weighted by atomic mass is 10.2. The number of hydrogen-bond acceptors (Lipinski definition) is 5. The highest BCUT2D eigenvalue weighted by atomic mass is 16.2. The van der Waals surface area contributed by atoms with Crippen LogP contribution in [0.3, 0.4) is 0 Å². The van der Waals surface area contributed by atoms with Crippen molar-refractivity contribution in [3.8, 4) is 0 Å². The highest BCUT2D eigenvalue weighted by Gasteiger charge is 2.30. The Labute approximate surface area is 145 Å². The van der Waals surface area contributed by atoms with Gasteiger partial charge in [-0.1, -0.05) is 13.0 Å². The number of carbonyl (C=O) groups is 1. The topological polar surface area (TPSA) is 42.9 Å². The van der Waals surface area contributed by atoms with Crippen LogP contribution in [0.2, 0.25) is 0 Å². The fraction of sp³-hybridized carbons (Fsp3) is 0.667. The molecule has 132 valence electrons. The number of amides is 1. The van der Waals surface area contributed by atoms with Gasteiger partial charge in [-0.15, -0.1) is 0 Å².